The topological polar surface area (TPSA) is 0 Å². The molecule has 1 rings (SSSR count). The average Bonchev–Trinajstić information content (AvgIpc) is 2.08. The first-order valence-corrected chi connectivity index (χ1v) is 2.50. The minimum absolute atomic E-state index is 0.0634. The van der Waals surface area contributed by atoms with Crippen LogP contribution < -0.4 is 0 Å². The van der Waals surface area contributed by atoms with Gasteiger partial charge in [0.15, 0.2) is 0 Å². The fourth-order valence-electron chi connectivity index (χ4n) is 0.438. The third-order valence-electron chi connectivity index (χ3n) is 0.875. The van der Waals surface area contributed by atoms with Crippen LogP contribution in [0.1, 0.15) is 16.6 Å². The zero-order valence-corrected chi connectivity index (χ0v) is 5.00. The van der Waals surface area contributed by atoms with Crippen molar-refractivity contribution in [1.29, 1.82) is 0 Å². The Morgan fingerprint density at radius 1 is 1.00 bits per heavy atom. The van der Waals surface area contributed by atoms with Crippen LogP contribution in [-0.2, 0) is 0 Å². The molecule has 0 aliphatic heterocycles. The molecule has 0 heterocycles. The van der Waals surface area contributed by atoms with Gasteiger partial charge in [-0.1, -0.05) is 35.3 Å². The summed E-state index contributed by atoms with van der Waals surface area (Å²) >= 11 is 0. The molecule has 0 nitrogen and oxygen atoms in total. The molecule has 0 aromatic heterocycles. The van der Waals surface area contributed by atoms with Crippen molar-refractivity contribution in [2.75, 3.05) is 0 Å². The molecule has 0 heteroatoms. The number of benzene rings is 1. The normalized spacial score (nSPS) is 16.2. The summed E-state index contributed by atoms with van der Waals surface area (Å²) in [4.78, 5) is 0. The van der Waals surface area contributed by atoms with Crippen molar-refractivity contribution < 1.29 is 5.48 Å². The summed E-state index contributed by atoms with van der Waals surface area (Å²) in [5.74, 6) is 0. The Balaban J connectivity index is 3.60. The maximum atomic E-state index is 7.43. The van der Waals surface area contributed by atoms with Crippen LogP contribution >= 0.6 is 0 Å². The van der Waals surface area contributed by atoms with E-state index in [9.17, 15) is 0 Å². The first-order valence-electron chi connectivity index (χ1n) is 4.50. The Kier molecular flexibility index (Phi) is 0.553. The zero-order valence-electron chi connectivity index (χ0n) is 9.00. The van der Waals surface area contributed by atoms with Gasteiger partial charge in [-0.05, 0) is 13.8 Å². The molecule has 1 aromatic rings. The average molecular weight is 110 g/mol. The minimum atomic E-state index is 0.0634. The van der Waals surface area contributed by atoms with E-state index in [-0.39, 0.29) is 24.2 Å². The van der Waals surface area contributed by atoms with Crippen molar-refractivity contribution in [2.24, 2.45) is 0 Å². The molecule has 0 amide bonds. The van der Waals surface area contributed by atoms with E-state index in [0.717, 1.165) is 0 Å². The minimum Gasteiger partial charge on any atom is -0.0591 e. The van der Waals surface area contributed by atoms with Gasteiger partial charge in [0.25, 0.3) is 0 Å². The summed E-state index contributed by atoms with van der Waals surface area (Å²) in [5, 5.41) is 0. The lowest BCUT2D eigenvalue weighted by Gasteiger charge is -1.90. The molecule has 42 valence electrons. The molecular weight excluding hydrogens is 96.1 g/mol. The molecule has 0 unspecified atom stereocenters. The Labute approximate surface area is 55.8 Å². The van der Waals surface area contributed by atoms with Crippen LogP contribution in [0, 0.1) is 13.8 Å². The molecule has 0 saturated carbocycles. The molecule has 0 bridgehead atoms. The Morgan fingerprint density at radius 2 is 1.25 bits per heavy atom. The van der Waals surface area contributed by atoms with Crippen molar-refractivity contribution in [2.45, 2.75) is 13.8 Å². The van der Waals surface area contributed by atoms with Crippen molar-refractivity contribution >= 4 is 0 Å². The molecule has 8 heavy (non-hydrogen) atoms. The predicted molar refractivity (Wildman–Crippen MR) is 35.9 cm³/mol. The van der Waals surface area contributed by atoms with Gasteiger partial charge in [-0.25, -0.2) is 0 Å². The maximum Gasteiger partial charge on any atom is 0.0626 e. The predicted octanol–water partition coefficient (Wildman–Crippen LogP) is 2.30. The second-order valence-electron chi connectivity index (χ2n) is 1.75. The third kappa shape index (κ3) is 1.09. The lowest BCUT2D eigenvalue weighted by molar-refractivity contribution is 1.40. The highest BCUT2D eigenvalue weighted by molar-refractivity contribution is 5.19. The molecule has 0 atom stereocenters. The molecule has 0 aliphatic rings. The van der Waals surface area contributed by atoms with Crippen LogP contribution in [0.3, 0.4) is 0 Å². The van der Waals surface area contributed by atoms with Crippen molar-refractivity contribution in [3.63, 3.8) is 0 Å². The van der Waals surface area contributed by atoms with E-state index in [1.165, 1.54) is 0 Å². The number of rotatable bonds is 0. The van der Waals surface area contributed by atoms with Gasteiger partial charge >= 0.3 is 0 Å². The van der Waals surface area contributed by atoms with E-state index < -0.39 is 0 Å². The van der Waals surface area contributed by atoms with Gasteiger partial charge < -0.3 is 0 Å². The Morgan fingerprint density at radius 3 is 1.50 bits per heavy atom. The first-order chi connectivity index (χ1) is 5.46. The van der Waals surface area contributed by atoms with Crippen LogP contribution in [0.15, 0.2) is 24.2 Å². The molecule has 0 saturated heterocycles. The summed E-state index contributed by atoms with van der Waals surface area (Å²) in [6, 6.07) is 0.254. The molecule has 0 spiro atoms. The SMILES string of the molecule is [2H]c1c([2H])c(C)c([2H])c([2H])c1C. The summed E-state index contributed by atoms with van der Waals surface area (Å²) in [5.41, 5.74) is 0.825. The van der Waals surface area contributed by atoms with Crippen LogP contribution in [0.25, 0.3) is 0 Å². The van der Waals surface area contributed by atoms with Crippen LogP contribution in [0.4, 0.5) is 0 Å². The molecule has 0 radical (unpaired) electrons. The fraction of sp³-hybridized carbons (Fsp3) is 0.250. The summed E-state index contributed by atoms with van der Waals surface area (Å²) in [7, 11) is 0. The van der Waals surface area contributed by atoms with Gasteiger partial charge in [0.1, 0.15) is 0 Å². The lowest BCUT2D eigenvalue weighted by atomic mass is 10.2. The van der Waals surface area contributed by atoms with Gasteiger partial charge in [-0.3, -0.25) is 0 Å². The van der Waals surface area contributed by atoms with Crippen molar-refractivity contribution in [1.82, 2.24) is 0 Å². The quantitative estimate of drug-likeness (QED) is 0.480. The monoisotopic (exact) mass is 110 g/mol. The fourth-order valence-corrected chi connectivity index (χ4v) is 0.438. The summed E-state index contributed by atoms with van der Waals surface area (Å²) in [6.07, 6.45) is 0. The van der Waals surface area contributed by atoms with E-state index in [0.29, 0.717) is 11.1 Å². The van der Waals surface area contributed by atoms with Gasteiger partial charge in [0.05, 0.1) is 5.48 Å². The highest BCUT2D eigenvalue weighted by Crippen LogP contribution is 1.99. The van der Waals surface area contributed by atoms with E-state index in [2.05, 4.69) is 0 Å². The van der Waals surface area contributed by atoms with Crippen molar-refractivity contribution in [3.05, 3.63) is 35.3 Å². The summed E-state index contributed by atoms with van der Waals surface area (Å²) < 4.78 is 29.7. The number of hydrogen-bond acceptors (Lipinski definition) is 0. The largest absolute Gasteiger partial charge is 0.0626 e. The smallest absolute Gasteiger partial charge is 0.0591 e. The molecule has 0 aliphatic carbocycles. The van der Waals surface area contributed by atoms with E-state index in [1.54, 1.807) is 13.8 Å². The molecule has 0 N–H and O–H groups in total. The zero-order chi connectivity index (χ0) is 9.46. The van der Waals surface area contributed by atoms with Crippen molar-refractivity contribution in [3.8, 4) is 0 Å². The summed E-state index contributed by atoms with van der Waals surface area (Å²) in [6.45, 7) is 3.19. The number of hydrogen-bond donors (Lipinski definition) is 0. The second kappa shape index (κ2) is 1.99. The standard InChI is InChI=1S/C8H10/c1-7-3-5-8(2)6-4-7/h3-6H,1-2H3/i3D,4D,5D,6D. The van der Waals surface area contributed by atoms with E-state index in [1.807, 2.05) is 0 Å². The lowest BCUT2D eigenvalue weighted by Crippen LogP contribution is -1.70. The molecule has 0 fully saturated rings. The van der Waals surface area contributed by atoms with Crippen LogP contribution in [0.5, 0.6) is 0 Å². The van der Waals surface area contributed by atoms with Crippen LogP contribution in [0.2, 0.25) is 0 Å². The van der Waals surface area contributed by atoms with Crippen LogP contribution in [-0.4, -0.2) is 0 Å². The van der Waals surface area contributed by atoms with E-state index >= 15 is 0 Å². The Bertz CT molecular complexity index is 225. The van der Waals surface area contributed by atoms with Gasteiger partial charge in [0, 0.05) is 0 Å². The molecular formula is C8H10. The highest BCUT2D eigenvalue weighted by atomic mass is 13.9. The van der Waals surface area contributed by atoms with Gasteiger partial charge in [0.2, 0.25) is 0 Å². The maximum absolute atomic E-state index is 7.43. The first kappa shape index (κ1) is 2.22. The Hall–Kier alpha value is -0.780. The molecule has 1 aromatic carbocycles. The third-order valence-corrected chi connectivity index (χ3v) is 0.875. The second-order valence-corrected chi connectivity index (χ2v) is 1.75. The highest BCUT2D eigenvalue weighted by Gasteiger charge is 1.79. The van der Waals surface area contributed by atoms with Gasteiger partial charge in [-0.15, -0.1) is 0 Å². The van der Waals surface area contributed by atoms with Gasteiger partial charge in [-0.2, -0.15) is 0 Å². The van der Waals surface area contributed by atoms with E-state index in [4.69, 9.17) is 5.48 Å².